The molecule has 0 atom stereocenters. The van der Waals surface area contributed by atoms with Gasteiger partial charge < -0.3 is 22.1 Å². The molecule has 0 spiro atoms. The summed E-state index contributed by atoms with van der Waals surface area (Å²) in [6.07, 6.45) is 0. The monoisotopic (exact) mass is 239 g/mol. The van der Waals surface area contributed by atoms with Gasteiger partial charge in [-0.3, -0.25) is 10.1 Å². The standard InChI is InChI=1S/C9H13N5O3/c10-7-5-6(1-2-8(7)14(16)17)12-3-4-13-9(11)15/h1-2,5,12H,3-4,10H2,(H3,11,13,15). The van der Waals surface area contributed by atoms with Gasteiger partial charge in [0.2, 0.25) is 0 Å². The van der Waals surface area contributed by atoms with Gasteiger partial charge >= 0.3 is 6.03 Å². The molecule has 0 aromatic heterocycles. The average molecular weight is 239 g/mol. The van der Waals surface area contributed by atoms with Crippen molar-refractivity contribution in [3.63, 3.8) is 0 Å². The Kier molecular flexibility index (Phi) is 4.09. The fraction of sp³-hybridized carbons (Fsp3) is 0.222. The lowest BCUT2D eigenvalue weighted by atomic mass is 10.2. The van der Waals surface area contributed by atoms with E-state index in [0.29, 0.717) is 18.8 Å². The molecule has 6 N–H and O–H groups in total. The molecule has 0 saturated heterocycles. The van der Waals surface area contributed by atoms with Gasteiger partial charge in [-0.25, -0.2) is 4.79 Å². The summed E-state index contributed by atoms with van der Waals surface area (Å²) in [5.74, 6) is 0. The Morgan fingerprint density at radius 3 is 2.65 bits per heavy atom. The minimum Gasteiger partial charge on any atom is -0.393 e. The zero-order chi connectivity index (χ0) is 12.8. The van der Waals surface area contributed by atoms with Crippen LogP contribution in [0.2, 0.25) is 0 Å². The Morgan fingerprint density at radius 1 is 1.41 bits per heavy atom. The van der Waals surface area contributed by atoms with Crippen molar-refractivity contribution in [2.45, 2.75) is 0 Å². The number of nitro groups is 1. The molecular weight excluding hydrogens is 226 g/mol. The second-order valence-corrected chi connectivity index (χ2v) is 3.25. The van der Waals surface area contributed by atoms with Crippen LogP contribution in [0.5, 0.6) is 0 Å². The number of carbonyl (C=O) groups is 1. The van der Waals surface area contributed by atoms with E-state index in [1.165, 1.54) is 12.1 Å². The van der Waals surface area contributed by atoms with Crippen molar-refractivity contribution < 1.29 is 9.72 Å². The Bertz CT molecular complexity index is 435. The maximum atomic E-state index is 10.5. The van der Waals surface area contributed by atoms with Crippen molar-refractivity contribution in [2.24, 2.45) is 5.73 Å². The lowest BCUT2D eigenvalue weighted by molar-refractivity contribution is -0.383. The fourth-order valence-electron chi connectivity index (χ4n) is 1.22. The van der Waals surface area contributed by atoms with E-state index in [9.17, 15) is 14.9 Å². The van der Waals surface area contributed by atoms with Crippen molar-refractivity contribution in [2.75, 3.05) is 24.1 Å². The third-order valence-electron chi connectivity index (χ3n) is 1.98. The lowest BCUT2D eigenvalue weighted by Crippen LogP contribution is -2.33. The normalized spacial score (nSPS) is 9.65. The summed E-state index contributed by atoms with van der Waals surface area (Å²) in [7, 11) is 0. The van der Waals surface area contributed by atoms with E-state index < -0.39 is 11.0 Å². The van der Waals surface area contributed by atoms with Crippen LogP contribution in [-0.2, 0) is 0 Å². The van der Waals surface area contributed by atoms with Crippen LogP contribution >= 0.6 is 0 Å². The first kappa shape index (κ1) is 12.6. The molecule has 8 nitrogen and oxygen atoms in total. The van der Waals surface area contributed by atoms with Crippen molar-refractivity contribution in [1.29, 1.82) is 0 Å². The molecule has 1 aromatic carbocycles. The number of anilines is 2. The van der Waals surface area contributed by atoms with Crippen LogP contribution in [0, 0.1) is 10.1 Å². The molecule has 0 radical (unpaired) electrons. The SMILES string of the molecule is NC(=O)NCCNc1ccc([N+](=O)[O-])c(N)c1. The first-order valence-electron chi connectivity index (χ1n) is 4.82. The molecule has 0 heterocycles. The maximum absolute atomic E-state index is 10.5. The zero-order valence-electron chi connectivity index (χ0n) is 8.97. The van der Waals surface area contributed by atoms with Crippen LogP contribution in [0.15, 0.2) is 18.2 Å². The first-order chi connectivity index (χ1) is 8.00. The van der Waals surface area contributed by atoms with Gasteiger partial charge in [0.25, 0.3) is 5.69 Å². The molecule has 92 valence electrons. The molecule has 0 aliphatic carbocycles. The molecule has 0 saturated carbocycles. The van der Waals surface area contributed by atoms with Gasteiger partial charge in [-0.05, 0) is 12.1 Å². The predicted molar refractivity (Wildman–Crippen MR) is 63.6 cm³/mol. The van der Waals surface area contributed by atoms with E-state index in [2.05, 4.69) is 10.6 Å². The third-order valence-corrected chi connectivity index (χ3v) is 1.98. The Morgan fingerprint density at radius 2 is 2.12 bits per heavy atom. The third kappa shape index (κ3) is 3.86. The Labute approximate surface area is 97.1 Å². The van der Waals surface area contributed by atoms with Crippen LogP contribution in [0.25, 0.3) is 0 Å². The molecule has 1 aromatic rings. The van der Waals surface area contributed by atoms with Gasteiger partial charge in [-0.1, -0.05) is 0 Å². The Balaban J connectivity index is 2.53. The van der Waals surface area contributed by atoms with Gasteiger partial charge in [-0.15, -0.1) is 0 Å². The number of nitrogen functional groups attached to an aromatic ring is 1. The second kappa shape index (κ2) is 5.54. The predicted octanol–water partition coefficient (Wildman–Crippen LogP) is 0.257. The second-order valence-electron chi connectivity index (χ2n) is 3.25. The van der Waals surface area contributed by atoms with Crippen LogP contribution in [0.1, 0.15) is 0 Å². The highest BCUT2D eigenvalue weighted by Gasteiger charge is 2.10. The summed E-state index contributed by atoms with van der Waals surface area (Å²) in [6.45, 7) is 0.798. The van der Waals surface area contributed by atoms with E-state index in [1.807, 2.05) is 0 Å². The maximum Gasteiger partial charge on any atom is 0.312 e. The van der Waals surface area contributed by atoms with E-state index in [1.54, 1.807) is 6.07 Å². The van der Waals surface area contributed by atoms with Crippen molar-refractivity contribution in [1.82, 2.24) is 5.32 Å². The number of hydrogen-bond donors (Lipinski definition) is 4. The highest BCUT2D eigenvalue weighted by molar-refractivity contribution is 5.71. The van der Waals surface area contributed by atoms with Gasteiger partial charge in [0.05, 0.1) is 4.92 Å². The average Bonchev–Trinajstić information content (AvgIpc) is 2.23. The molecule has 0 aliphatic rings. The smallest absolute Gasteiger partial charge is 0.312 e. The molecule has 1 rings (SSSR count). The molecule has 2 amide bonds. The molecule has 0 unspecified atom stereocenters. The van der Waals surface area contributed by atoms with Crippen LogP contribution in [-0.4, -0.2) is 24.0 Å². The lowest BCUT2D eigenvalue weighted by Gasteiger charge is -2.07. The van der Waals surface area contributed by atoms with Gasteiger partial charge in [0.15, 0.2) is 0 Å². The van der Waals surface area contributed by atoms with E-state index in [0.717, 1.165) is 0 Å². The van der Waals surface area contributed by atoms with Crippen LogP contribution in [0.4, 0.5) is 21.9 Å². The summed E-state index contributed by atoms with van der Waals surface area (Å²) in [4.78, 5) is 20.3. The molecule has 8 heteroatoms. The largest absolute Gasteiger partial charge is 0.393 e. The summed E-state index contributed by atoms with van der Waals surface area (Å²) in [5, 5.41) is 15.8. The van der Waals surface area contributed by atoms with Gasteiger partial charge in [0.1, 0.15) is 5.69 Å². The number of benzene rings is 1. The van der Waals surface area contributed by atoms with Gasteiger partial charge in [-0.2, -0.15) is 0 Å². The number of primary amides is 1. The zero-order valence-corrected chi connectivity index (χ0v) is 8.97. The summed E-state index contributed by atoms with van der Waals surface area (Å²) in [6, 6.07) is 3.72. The van der Waals surface area contributed by atoms with E-state index in [4.69, 9.17) is 11.5 Å². The fourth-order valence-corrected chi connectivity index (χ4v) is 1.22. The van der Waals surface area contributed by atoms with Crippen LogP contribution < -0.4 is 22.1 Å². The molecular formula is C9H13N5O3. The number of nitrogens with zero attached hydrogens (tertiary/aromatic N) is 1. The molecule has 17 heavy (non-hydrogen) atoms. The highest BCUT2D eigenvalue weighted by Crippen LogP contribution is 2.24. The number of nitro benzene ring substituents is 1. The van der Waals surface area contributed by atoms with Gasteiger partial charge in [0, 0.05) is 24.8 Å². The number of carbonyl (C=O) groups excluding carboxylic acids is 1. The number of nitrogens with two attached hydrogens (primary N) is 2. The molecule has 0 aliphatic heterocycles. The number of urea groups is 1. The first-order valence-corrected chi connectivity index (χ1v) is 4.82. The van der Waals surface area contributed by atoms with Crippen molar-refractivity contribution in [3.8, 4) is 0 Å². The van der Waals surface area contributed by atoms with E-state index >= 15 is 0 Å². The Hall–Kier alpha value is -2.51. The highest BCUT2D eigenvalue weighted by atomic mass is 16.6. The van der Waals surface area contributed by atoms with Crippen molar-refractivity contribution >= 4 is 23.1 Å². The summed E-state index contributed by atoms with van der Waals surface area (Å²) < 4.78 is 0. The topological polar surface area (TPSA) is 136 Å². The number of rotatable bonds is 5. The quantitative estimate of drug-likeness (QED) is 0.253. The number of nitrogens with one attached hydrogen (secondary N) is 2. The van der Waals surface area contributed by atoms with Crippen molar-refractivity contribution in [3.05, 3.63) is 28.3 Å². The minimum absolute atomic E-state index is 0.0860. The van der Waals surface area contributed by atoms with E-state index in [-0.39, 0.29) is 11.4 Å². The molecule has 0 bridgehead atoms. The summed E-state index contributed by atoms with van der Waals surface area (Å²) in [5.41, 5.74) is 11.0. The number of hydrogen-bond acceptors (Lipinski definition) is 5. The molecule has 0 fully saturated rings. The summed E-state index contributed by atoms with van der Waals surface area (Å²) >= 11 is 0. The minimum atomic E-state index is -0.602. The number of amides is 2. The van der Waals surface area contributed by atoms with Crippen LogP contribution in [0.3, 0.4) is 0 Å².